The van der Waals surface area contributed by atoms with Crippen molar-refractivity contribution >= 4 is 29.9 Å². The van der Waals surface area contributed by atoms with E-state index in [1.807, 2.05) is 13.0 Å². The SMILES string of the molecule is C=Cc1cccc(C(C(=O)NCCCC)N(C(=O)C(CC(N)=O)NC(=O)OC(C)(C)C)C(C)(C)C)c1. The predicted molar refractivity (Wildman–Crippen MR) is 141 cm³/mol. The molecule has 0 aliphatic heterocycles. The molecule has 0 spiro atoms. The van der Waals surface area contributed by atoms with Gasteiger partial charge in [0.15, 0.2) is 0 Å². The minimum absolute atomic E-state index is 0.372. The second-order valence-corrected chi connectivity index (χ2v) is 10.7. The number of benzene rings is 1. The third-order valence-electron chi connectivity index (χ3n) is 5.15. The zero-order valence-electron chi connectivity index (χ0n) is 22.6. The number of rotatable bonds is 11. The first-order chi connectivity index (χ1) is 16.6. The number of carbonyl (C=O) groups is 4. The Morgan fingerprint density at radius 2 is 1.78 bits per heavy atom. The summed E-state index contributed by atoms with van der Waals surface area (Å²) >= 11 is 0. The Morgan fingerprint density at radius 1 is 1.14 bits per heavy atom. The molecule has 1 aromatic rings. The highest BCUT2D eigenvalue weighted by atomic mass is 16.6. The summed E-state index contributed by atoms with van der Waals surface area (Å²) in [6.07, 6.45) is 1.99. The van der Waals surface area contributed by atoms with E-state index in [9.17, 15) is 19.2 Å². The van der Waals surface area contributed by atoms with Crippen LogP contribution in [0, 0.1) is 0 Å². The van der Waals surface area contributed by atoms with Gasteiger partial charge in [-0.2, -0.15) is 0 Å². The molecule has 0 bridgehead atoms. The zero-order chi connectivity index (χ0) is 27.7. The first-order valence-electron chi connectivity index (χ1n) is 12.2. The highest BCUT2D eigenvalue weighted by Gasteiger charge is 2.42. The maximum absolute atomic E-state index is 14.0. The van der Waals surface area contributed by atoms with E-state index in [0.29, 0.717) is 12.1 Å². The lowest BCUT2D eigenvalue weighted by Crippen LogP contribution is -2.59. The van der Waals surface area contributed by atoms with Crippen LogP contribution in [0.3, 0.4) is 0 Å². The third kappa shape index (κ3) is 9.71. The predicted octanol–water partition coefficient (Wildman–Crippen LogP) is 3.68. The average Bonchev–Trinajstić information content (AvgIpc) is 2.74. The van der Waals surface area contributed by atoms with Gasteiger partial charge in [-0.05, 0) is 65.2 Å². The molecular weight excluding hydrogens is 460 g/mol. The number of alkyl carbamates (subject to hydrolysis) is 1. The van der Waals surface area contributed by atoms with Crippen LogP contribution in [0.25, 0.3) is 6.08 Å². The summed E-state index contributed by atoms with van der Waals surface area (Å²) in [4.78, 5) is 53.3. The molecule has 0 saturated heterocycles. The Hall–Kier alpha value is -3.36. The topological polar surface area (TPSA) is 131 Å². The number of nitrogens with two attached hydrogens (primary N) is 1. The molecule has 0 aromatic heterocycles. The molecule has 1 rings (SSSR count). The summed E-state index contributed by atoms with van der Waals surface area (Å²) < 4.78 is 5.29. The van der Waals surface area contributed by atoms with E-state index in [1.165, 1.54) is 4.90 Å². The van der Waals surface area contributed by atoms with Crippen molar-refractivity contribution in [1.82, 2.24) is 15.5 Å². The molecule has 0 aliphatic rings. The van der Waals surface area contributed by atoms with Crippen molar-refractivity contribution in [2.45, 2.75) is 91.0 Å². The van der Waals surface area contributed by atoms with Crippen LogP contribution >= 0.6 is 0 Å². The molecule has 0 radical (unpaired) electrons. The van der Waals surface area contributed by atoms with E-state index >= 15 is 0 Å². The van der Waals surface area contributed by atoms with E-state index < -0.39 is 47.6 Å². The van der Waals surface area contributed by atoms with Gasteiger partial charge in [0.05, 0.1) is 6.42 Å². The molecule has 2 unspecified atom stereocenters. The van der Waals surface area contributed by atoms with E-state index in [0.717, 1.165) is 18.4 Å². The van der Waals surface area contributed by atoms with Crippen LogP contribution in [-0.2, 0) is 19.1 Å². The Labute approximate surface area is 214 Å². The maximum atomic E-state index is 14.0. The van der Waals surface area contributed by atoms with Gasteiger partial charge in [0.1, 0.15) is 17.7 Å². The maximum Gasteiger partial charge on any atom is 0.408 e. The number of hydrogen-bond donors (Lipinski definition) is 3. The summed E-state index contributed by atoms with van der Waals surface area (Å²) in [6, 6.07) is 4.80. The number of ether oxygens (including phenoxy) is 1. The largest absolute Gasteiger partial charge is 0.444 e. The number of carbonyl (C=O) groups excluding carboxylic acids is 4. The first-order valence-corrected chi connectivity index (χ1v) is 12.2. The first kappa shape index (κ1) is 30.7. The van der Waals surface area contributed by atoms with E-state index in [4.69, 9.17) is 10.5 Å². The van der Waals surface area contributed by atoms with E-state index in [2.05, 4.69) is 17.2 Å². The van der Waals surface area contributed by atoms with Crippen molar-refractivity contribution in [2.75, 3.05) is 6.54 Å². The van der Waals surface area contributed by atoms with Crippen LogP contribution in [0.15, 0.2) is 30.8 Å². The van der Waals surface area contributed by atoms with Crippen molar-refractivity contribution in [3.8, 4) is 0 Å². The summed E-state index contributed by atoms with van der Waals surface area (Å²) in [7, 11) is 0. The molecule has 4 N–H and O–H groups in total. The Bertz CT molecular complexity index is 946. The summed E-state index contributed by atoms with van der Waals surface area (Å²) in [5.74, 6) is -1.79. The fourth-order valence-electron chi connectivity index (χ4n) is 3.62. The molecule has 1 aromatic carbocycles. The Kier molecular flexibility index (Phi) is 11.2. The number of hydrogen-bond acceptors (Lipinski definition) is 5. The van der Waals surface area contributed by atoms with Gasteiger partial charge in [0.25, 0.3) is 0 Å². The number of primary amides is 1. The van der Waals surface area contributed by atoms with Crippen LogP contribution in [0.5, 0.6) is 0 Å². The van der Waals surface area contributed by atoms with Crippen LogP contribution < -0.4 is 16.4 Å². The molecule has 36 heavy (non-hydrogen) atoms. The second-order valence-electron chi connectivity index (χ2n) is 10.7. The van der Waals surface area contributed by atoms with Gasteiger partial charge in [-0.15, -0.1) is 0 Å². The van der Waals surface area contributed by atoms with Gasteiger partial charge in [-0.1, -0.05) is 44.2 Å². The van der Waals surface area contributed by atoms with Crippen LogP contribution in [0.1, 0.15) is 84.9 Å². The lowest BCUT2D eigenvalue weighted by molar-refractivity contribution is -0.149. The molecule has 0 saturated carbocycles. The van der Waals surface area contributed by atoms with Gasteiger partial charge < -0.3 is 26.0 Å². The lowest BCUT2D eigenvalue weighted by Gasteiger charge is -2.43. The highest BCUT2D eigenvalue weighted by molar-refractivity contribution is 5.95. The minimum Gasteiger partial charge on any atom is -0.444 e. The van der Waals surface area contributed by atoms with E-state index in [1.54, 1.807) is 65.8 Å². The average molecular weight is 503 g/mol. The number of nitrogens with one attached hydrogen (secondary N) is 2. The van der Waals surface area contributed by atoms with Crippen LogP contribution in [0.4, 0.5) is 4.79 Å². The fraction of sp³-hybridized carbons (Fsp3) is 0.556. The molecule has 0 aliphatic carbocycles. The summed E-state index contributed by atoms with van der Waals surface area (Å²) in [5.41, 5.74) is 5.07. The molecule has 9 heteroatoms. The summed E-state index contributed by atoms with van der Waals surface area (Å²) in [5, 5.41) is 5.39. The molecule has 2 atom stereocenters. The zero-order valence-corrected chi connectivity index (χ0v) is 22.6. The van der Waals surface area contributed by atoms with Gasteiger partial charge in [0, 0.05) is 12.1 Å². The Balaban J connectivity index is 3.58. The molecule has 0 fully saturated rings. The van der Waals surface area contributed by atoms with Crippen molar-refractivity contribution in [3.63, 3.8) is 0 Å². The highest BCUT2D eigenvalue weighted by Crippen LogP contribution is 2.31. The van der Waals surface area contributed by atoms with Gasteiger partial charge in [-0.3, -0.25) is 14.4 Å². The fourth-order valence-corrected chi connectivity index (χ4v) is 3.62. The number of amides is 4. The standard InChI is InChI=1S/C27H42N4O5/c1-9-11-15-29-23(33)22(19-14-12-13-18(10-2)16-19)31(26(3,4)5)24(34)20(17-21(28)32)30-25(35)36-27(6,7)8/h10,12-14,16,20,22H,2,9,11,15,17H2,1,3-8H3,(H2,28,32)(H,29,33)(H,30,35). The van der Waals surface area contributed by atoms with Gasteiger partial charge in [-0.25, -0.2) is 4.79 Å². The van der Waals surface area contributed by atoms with Crippen molar-refractivity contribution in [1.29, 1.82) is 0 Å². The van der Waals surface area contributed by atoms with Crippen LogP contribution in [0.2, 0.25) is 0 Å². The summed E-state index contributed by atoms with van der Waals surface area (Å²) in [6.45, 7) is 16.6. The quantitative estimate of drug-likeness (QED) is 0.397. The lowest BCUT2D eigenvalue weighted by atomic mass is 9.94. The van der Waals surface area contributed by atoms with Crippen LogP contribution in [-0.4, -0.2) is 52.4 Å². The third-order valence-corrected chi connectivity index (χ3v) is 5.15. The molecule has 200 valence electrons. The minimum atomic E-state index is -1.33. The van der Waals surface area contributed by atoms with Gasteiger partial charge in [0.2, 0.25) is 17.7 Å². The molecule has 4 amide bonds. The second kappa shape index (κ2) is 13.1. The smallest absolute Gasteiger partial charge is 0.408 e. The Morgan fingerprint density at radius 3 is 2.28 bits per heavy atom. The number of unbranched alkanes of at least 4 members (excludes halogenated alkanes) is 1. The molecule has 9 nitrogen and oxygen atoms in total. The van der Waals surface area contributed by atoms with E-state index in [-0.39, 0.29) is 5.91 Å². The van der Waals surface area contributed by atoms with Crippen molar-refractivity contribution in [2.24, 2.45) is 5.73 Å². The monoisotopic (exact) mass is 502 g/mol. The van der Waals surface area contributed by atoms with Gasteiger partial charge >= 0.3 is 6.09 Å². The normalized spacial score (nSPS) is 13.2. The number of nitrogens with zero attached hydrogens (tertiary/aromatic N) is 1. The molecule has 0 heterocycles. The van der Waals surface area contributed by atoms with Crippen molar-refractivity contribution < 1.29 is 23.9 Å². The molecular formula is C27H42N4O5. The van der Waals surface area contributed by atoms with Crippen molar-refractivity contribution in [3.05, 3.63) is 42.0 Å².